The lowest BCUT2D eigenvalue weighted by Crippen LogP contribution is -2.57. The molecule has 0 radical (unpaired) electrons. The maximum Gasteiger partial charge on any atom is 0.0809 e. The third-order valence-corrected chi connectivity index (χ3v) is 5.99. The first kappa shape index (κ1) is 14.8. The monoisotopic (exact) mass is 281 g/mol. The minimum Gasteiger partial charge on any atom is -0.375 e. The van der Waals surface area contributed by atoms with Crippen molar-refractivity contribution in [3.63, 3.8) is 0 Å². The molecule has 3 unspecified atom stereocenters. The van der Waals surface area contributed by atoms with Crippen LogP contribution in [-0.4, -0.2) is 37.5 Å². The molecule has 3 rings (SSSR count). The summed E-state index contributed by atoms with van der Waals surface area (Å²) < 4.78 is 12.4. The number of rotatable bonds is 3. The van der Waals surface area contributed by atoms with Crippen LogP contribution >= 0.6 is 0 Å². The molecule has 1 aliphatic carbocycles. The van der Waals surface area contributed by atoms with Crippen molar-refractivity contribution in [2.45, 2.75) is 82.0 Å². The number of ether oxygens (including phenoxy) is 2. The molecule has 2 heterocycles. The van der Waals surface area contributed by atoms with E-state index in [9.17, 15) is 0 Å². The molecule has 3 aliphatic rings. The summed E-state index contributed by atoms with van der Waals surface area (Å²) in [5.41, 5.74) is 0.234. The molecular formula is C17H31NO2. The summed E-state index contributed by atoms with van der Waals surface area (Å²) >= 11 is 0. The summed E-state index contributed by atoms with van der Waals surface area (Å²) in [5, 5.41) is 3.61. The van der Waals surface area contributed by atoms with Crippen molar-refractivity contribution in [3.05, 3.63) is 0 Å². The molecular weight excluding hydrogens is 250 g/mol. The average Bonchev–Trinajstić information content (AvgIpc) is 2.88. The molecule has 0 aromatic carbocycles. The van der Waals surface area contributed by atoms with Crippen LogP contribution in [0.3, 0.4) is 0 Å². The third-order valence-electron chi connectivity index (χ3n) is 5.99. The molecule has 1 N–H and O–H groups in total. The molecule has 20 heavy (non-hydrogen) atoms. The van der Waals surface area contributed by atoms with Gasteiger partial charge in [-0.05, 0) is 64.8 Å². The molecule has 3 fully saturated rings. The Labute approximate surface area is 123 Å². The van der Waals surface area contributed by atoms with E-state index in [-0.39, 0.29) is 11.2 Å². The second kappa shape index (κ2) is 5.94. The normalized spacial score (nSPS) is 39.0. The van der Waals surface area contributed by atoms with Gasteiger partial charge in [0.25, 0.3) is 0 Å². The maximum atomic E-state index is 6.22. The predicted octanol–water partition coefficient (Wildman–Crippen LogP) is 3.27. The second-order valence-corrected chi connectivity index (χ2v) is 7.38. The molecule has 0 aromatic rings. The molecule has 116 valence electrons. The van der Waals surface area contributed by atoms with E-state index in [1.54, 1.807) is 0 Å². The highest BCUT2D eigenvalue weighted by molar-refractivity contribution is 5.00. The molecule has 2 saturated heterocycles. The number of hydrogen-bond acceptors (Lipinski definition) is 3. The Morgan fingerprint density at radius 3 is 2.40 bits per heavy atom. The van der Waals surface area contributed by atoms with Gasteiger partial charge in [-0.25, -0.2) is 0 Å². The Morgan fingerprint density at radius 2 is 1.75 bits per heavy atom. The Morgan fingerprint density at radius 1 is 1.00 bits per heavy atom. The van der Waals surface area contributed by atoms with Crippen LogP contribution in [0.15, 0.2) is 0 Å². The van der Waals surface area contributed by atoms with Crippen LogP contribution in [0.1, 0.15) is 64.7 Å². The van der Waals surface area contributed by atoms with E-state index in [0.717, 1.165) is 13.2 Å². The van der Waals surface area contributed by atoms with Crippen LogP contribution in [0, 0.1) is 5.92 Å². The Kier molecular flexibility index (Phi) is 4.40. The van der Waals surface area contributed by atoms with Gasteiger partial charge in [0.1, 0.15) is 0 Å². The molecule has 3 nitrogen and oxygen atoms in total. The van der Waals surface area contributed by atoms with Crippen LogP contribution in [0.25, 0.3) is 0 Å². The summed E-state index contributed by atoms with van der Waals surface area (Å²) in [6, 6.07) is 0.476. The second-order valence-electron chi connectivity index (χ2n) is 7.38. The van der Waals surface area contributed by atoms with Crippen LogP contribution in [-0.2, 0) is 9.47 Å². The highest BCUT2D eigenvalue weighted by Gasteiger charge is 2.47. The van der Waals surface area contributed by atoms with E-state index < -0.39 is 0 Å². The zero-order chi connectivity index (χ0) is 14.1. The Hall–Kier alpha value is -0.120. The van der Waals surface area contributed by atoms with Gasteiger partial charge in [-0.1, -0.05) is 12.8 Å². The van der Waals surface area contributed by atoms with E-state index in [2.05, 4.69) is 19.3 Å². The molecule has 3 heteroatoms. The smallest absolute Gasteiger partial charge is 0.0809 e. The quantitative estimate of drug-likeness (QED) is 0.861. The molecule has 0 bridgehead atoms. The number of hydrogen-bond donors (Lipinski definition) is 1. The predicted molar refractivity (Wildman–Crippen MR) is 80.9 cm³/mol. The van der Waals surface area contributed by atoms with Crippen LogP contribution in [0.4, 0.5) is 0 Å². The zero-order valence-corrected chi connectivity index (χ0v) is 13.2. The van der Waals surface area contributed by atoms with E-state index in [4.69, 9.17) is 9.47 Å². The lowest BCUT2D eigenvalue weighted by molar-refractivity contribution is -0.138. The maximum absolute atomic E-state index is 6.22. The van der Waals surface area contributed by atoms with E-state index in [0.29, 0.717) is 12.0 Å². The van der Waals surface area contributed by atoms with Gasteiger partial charge < -0.3 is 14.8 Å². The largest absolute Gasteiger partial charge is 0.375 e. The molecule has 3 atom stereocenters. The van der Waals surface area contributed by atoms with Crippen molar-refractivity contribution < 1.29 is 9.47 Å². The summed E-state index contributed by atoms with van der Waals surface area (Å²) in [7, 11) is 2.12. The van der Waals surface area contributed by atoms with Crippen molar-refractivity contribution in [1.29, 1.82) is 0 Å². The van der Waals surface area contributed by atoms with Crippen molar-refractivity contribution in [2.75, 3.05) is 20.3 Å². The minimum absolute atomic E-state index is 0.0226. The summed E-state index contributed by atoms with van der Waals surface area (Å²) in [4.78, 5) is 0. The SMILES string of the molecule is CNC(C1CCOC2(CCCC2)C1)C1(C)CCCCO1. The third kappa shape index (κ3) is 2.77. The van der Waals surface area contributed by atoms with E-state index >= 15 is 0 Å². The van der Waals surface area contributed by atoms with Gasteiger partial charge >= 0.3 is 0 Å². The molecule has 0 aromatic heterocycles. The van der Waals surface area contributed by atoms with Gasteiger partial charge in [0.15, 0.2) is 0 Å². The van der Waals surface area contributed by atoms with Gasteiger partial charge in [0, 0.05) is 19.3 Å². The molecule has 2 aliphatic heterocycles. The van der Waals surface area contributed by atoms with Gasteiger partial charge in [0.05, 0.1) is 11.2 Å². The molecule has 1 spiro atoms. The lowest BCUT2D eigenvalue weighted by atomic mass is 9.73. The highest BCUT2D eigenvalue weighted by Crippen LogP contribution is 2.45. The highest BCUT2D eigenvalue weighted by atomic mass is 16.5. The van der Waals surface area contributed by atoms with E-state index in [1.807, 2.05) is 0 Å². The fourth-order valence-corrected chi connectivity index (χ4v) is 4.96. The summed E-state index contributed by atoms with van der Waals surface area (Å²) in [6.45, 7) is 4.20. The molecule has 1 saturated carbocycles. The first-order valence-electron chi connectivity index (χ1n) is 8.63. The topological polar surface area (TPSA) is 30.5 Å². The number of nitrogens with one attached hydrogen (secondary N) is 1. The van der Waals surface area contributed by atoms with Crippen molar-refractivity contribution >= 4 is 0 Å². The first-order chi connectivity index (χ1) is 9.68. The van der Waals surface area contributed by atoms with Crippen LogP contribution in [0.2, 0.25) is 0 Å². The van der Waals surface area contributed by atoms with Crippen molar-refractivity contribution in [1.82, 2.24) is 5.32 Å². The van der Waals surface area contributed by atoms with Gasteiger partial charge in [-0.3, -0.25) is 0 Å². The first-order valence-corrected chi connectivity index (χ1v) is 8.63. The number of likely N-dealkylation sites (N-methyl/N-ethyl adjacent to an activating group) is 1. The van der Waals surface area contributed by atoms with E-state index in [1.165, 1.54) is 57.8 Å². The van der Waals surface area contributed by atoms with Crippen molar-refractivity contribution in [2.24, 2.45) is 5.92 Å². The fourth-order valence-electron chi connectivity index (χ4n) is 4.96. The van der Waals surface area contributed by atoms with Gasteiger partial charge in [0.2, 0.25) is 0 Å². The summed E-state index contributed by atoms with van der Waals surface area (Å²) in [5.74, 6) is 0.704. The minimum atomic E-state index is 0.0226. The zero-order valence-electron chi connectivity index (χ0n) is 13.2. The van der Waals surface area contributed by atoms with Gasteiger partial charge in [-0.15, -0.1) is 0 Å². The molecule has 0 amide bonds. The van der Waals surface area contributed by atoms with Gasteiger partial charge in [-0.2, -0.15) is 0 Å². The Balaban J connectivity index is 1.71. The lowest BCUT2D eigenvalue weighted by Gasteiger charge is -2.48. The van der Waals surface area contributed by atoms with Crippen LogP contribution < -0.4 is 5.32 Å². The summed E-state index contributed by atoms with van der Waals surface area (Å²) in [6.07, 6.45) is 11.4. The fraction of sp³-hybridized carbons (Fsp3) is 1.00. The Bertz CT molecular complexity index is 319. The van der Waals surface area contributed by atoms with Crippen LogP contribution in [0.5, 0.6) is 0 Å². The average molecular weight is 281 g/mol. The standard InChI is InChI=1S/C17H31NO2/c1-16(8-5-6-11-19-16)15(18-2)14-7-12-20-17(13-14)9-3-4-10-17/h14-15,18H,3-13H2,1-2H3. The van der Waals surface area contributed by atoms with Crippen molar-refractivity contribution in [3.8, 4) is 0 Å².